The van der Waals surface area contributed by atoms with Crippen molar-refractivity contribution in [3.63, 3.8) is 0 Å². The van der Waals surface area contributed by atoms with Gasteiger partial charge in [-0.2, -0.15) is 13.2 Å². The lowest BCUT2D eigenvalue weighted by Gasteiger charge is -2.30. The number of halogens is 3. The van der Waals surface area contributed by atoms with E-state index in [-0.39, 0.29) is 25.5 Å². The van der Waals surface area contributed by atoms with Crippen molar-refractivity contribution in [1.29, 1.82) is 0 Å². The number of carbonyl (C=O) groups excluding carboxylic acids is 1. The van der Waals surface area contributed by atoms with Crippen molar-refractivity contribution in [2.24, 2.45) is 0 Å². The van der Waals surface area contributed by atoms with E-state index < -0.39 is 23.7 Å². The number of hydrogen-bond acceptors (Lipinski definition) is 4. The van der Waals surface area contributed by atoms with Gasteiger partial charge in [0.15, 0.2) is 5.82 Å². The molecule has 1 aromatic rings. The molecule has 9 heteroatoms. The van der Waals surface area contributed by atoms with Crippen molar-refractivity contribution >= 4 is 6.09 Å². The van der Waals surface area contributed by atoms with Crippen LogP contribution in [0.15, 0.2) is 0 Å². The van der Waals surface area contributed by atoms with E-state index in [4.69, 9.17) is 4.74 Å². The largest absolute Gasteiger partial charge is 0.451 e. The number of terminal acetylenes is 1. The molecule has 1 amide bonds. The van der Waals surface area contributed by atoms with Crippen LogP contribution < -0.4 is 0 Å². The first-order chi connectivity index (χ1) is 10.1. The fourth-order valence-corrected chi connectivity index (χ4v) is 1.85. The van der Waals surface area contributed by atoms with Gasteiger partial charge in [0.2, 0.25) is 5.82 Å². The molecule has 2 heterocycles. The molecule has 0 aliphatic carbocycles. The number of hydrogen-bond donors (Lipinski definition) is 0. The van der Waals surface area contributed by atoms with Gasteiger partial charge in [-0.15, -0.1) is 23.0 Å². The molecule has 1 aliphatic heterocycles. The van der Waals surface area contributed by atoms with Crippen molar-refractivity contribution in [2.75, 3.05) is 6.54 Å². The summed E-state index contributed by atoms with van der Waals surface area (Å²) >= 11 is 0. The molecular weight excluding hydrogens is 301 g/mol. The fourth-order valence-electron chi connectivity index (χ4n) is 1.85. The molecule has 0 saturated heterocycles. The normalized spacial score (nSPS) is 14.6. The van der Waals surface area contributed by atoms with Gasteiger partial charge < -0.3 is 9.30 Å². The molecular formula is C13H17F3N4O2. The maximum atomic E-state index is 12.7. The van der Waals surface area contributed by atoms with Gasteiger partial charge in [0, 0.05) is 13.1 Å². The van der Waals surface area contributed by atoms with Crippen LogP contribution in [0.25, 0.3) is 0 Å². The van der Waals surface area contributed by atoms with E-state index in [1.807, 2.05) is 0 Å². The number of amides is 1. The third-order valence-corrected chi connectivity index (χ3v) is 2.66. The van der Waals surface area contributed by atoms with Crippen LogP contribution in [-0.2, 0) is 24.0 Å². The summed E-state index contributed by atoms with van der Waals surface area (Å²) in [5.74, 6) is -0.925. The molecule has 6 nitrogen and oxygen atoms in total. The van der Waals surface area contributed by atoms with Gasteiger partial charge in [-0.1, -0.05) is 0 Å². The molecule has 0 N–H and O–H groups in total. The summed E-state index contributed by atoms with van der Waals surface area (Å²) in [6.07, 6.45) is 2.89. The molecule has 122 valence electrons. The summed E-state index contributed by atoms with van der Waals surface area (Å²) in [6.45, 7) is 5.24. The van der Waals surface area contributed by atoms with Crippen LogP contribution in [0.5, 0.6) is 0 Å². The van der Waals surface area contributed by atoms with Crippen LogP contribution in [0.2, 0.25) is 0 Å². The van der Waals surface area contributed by atoms with E-state index >= 15 is 0 Å². The van der Waals surface area contributed by atoms with Gasteiger partial charge in [-0.3, -0.25) is 4.90 Å². The van der Waals surface area contributed by atoms with Crippen LogP contribution in [-0.4, -0.2) is 37.9 Å². The summed E-state index contributed by atoms with van der Waals surface area (Å²) in [5.41, 5.74) is -0.653. The monoisotopic (exact) mass is 318 g/mol. The van der Waals surface area contributed by atoms with Crippen molar-refractivity contribution < 1.29 is 22.7 Å². The average Bonchev–Trinajstić information content (AvgIpc) is 2.81. The Morgan fingerprint density at radius 2 is 1.77 bits per heavy atom. The average molecular weight is 318 g/mol. The van der Waals surface area contributed by atoms with Crippen LogP contribution in [0.4, 0.5) is 18.0 Å². The second-order valence-corrected chi connectivity index (χ2v) is 5.49. The van der Waals surface area contributed by atoms with E-state index in [1.54, 1.807) is 20.8 Å². The Hall–Kier alpha value is -2.24. The standard InChI is InChI=1S/C11H15F3N4O2.C2H2/c1-10(2,3)20-9(19)17-4-5-18-7(6-17)15-16-8(18)11(12,13)14;1-2/h4-6H2,1-3H3;1-2H. The lowest BCUT2D eigenvalue weighted by Crippen LogP contribution is -2.42. The summed E-state index contributed by atoms with van der Waals surface area (Å²) in [7, 11) is 0. The minimum Gasteiger partial charge on any atom is -0.444 e. The highest BCUT2D eigenvalue weighted by Crippen LogP contribution is 2.29. The molecule has 0 fully saturated rings. The highest BCUT2D eigenvalue weighted by molar-refractivity contribution is 5.68. The lowest BCUT2D eigenvalue weighted by atomic mass is 10.2. The minimum atomic E-state index is -4.54. The predicted octanol–water partition coefficient (Wildman–Crippen LogP) is 2.30. The molecule has 0 bridgehead atoms. The Bertz CT molecular complexity index is 558. The van der Waals surface area contributed by atoms with Gasteiger partial charge in [0.05, 0.1) is 6.54 Å². The van der Waals surface area contributed by atoms with E-state index in [2.05, 4.69) is 23.0 Å². The molecule has 0 saturated carbocycles. The second-order valence-electron chi connectivity index (χ2n) is 5.49. The van der Waals surface area contributed by atoms with Gasteiger partial charge >= 0.3 is 12.3 Å². The molecule has 0 aromatic carbocycles. The van der Waals surface area contributed by atoms with Gasteiger partial charge in [-0.05, 0) is 20.8 Å². The van der Waals surface area contributed by atoms with Crippen LogP contribution in [0, 0.1) is 12.8 Å². The number of ether oxygens (including phenoxy) is 1. The Morgan fingerprint density at radius 3 is 2.27 bits per heavy atom. The highest BCUT2D eigenvalue weighted by atomic mass is 19.4. The van der Waals surface area contributed by atoms with Gasteiger partial charge in [0.1, 0.15) is 5.60 Å². The maximum absolute atomic E-state index is 12.7. The van der Waals surface area contributed by atoms with E-state index in [1.165, 1.54) is 4.90 Å². The number of aromatic nitrogens is 3. The maximum Gasteiger partial charge on any atom is 0.451 e. The Balaban J connectivity index is 0.00000116. The van der Waals surface area contributed by atoms with Gasteiger partial charge in [0.25, 0.3) is 0 Å². The Kier molecular flexibility index (Phi) is 5.06. The number of carbonyl (C=O) groups is 1. The minimum absolute atomic E-state index is 0.00355. The lowest BCUT2D eigenvalue weighted by molar-refractivity contribution is -0.147. The SMILES string of the molecule is C#C.CC(C)(C)OC(=O)N1CCn2c(nnc2C(F)(F)F)C1. The number of rotatable bonds is 0. The molecule has 0 atom stereocenters. The topological polar surface area (TPSA) is 60.2 Å². The zero-order chi connectivity index (χ0) is 17.1. The first-order valence-electron chi connectivity index (χ1n) is 6.38. The quantitative estimate of drug-likeness (QED) is 0.689. The van der Waals surface area contributed by atoms with Crippen molar-refractivity contribution in [2.45, 2.75) is 45.6 Å². The predicted molar refractivity (Wildman–Crippen MR) is 71.6 cm³/mol. The van der Waals surface area contributed by atoms with E-state index in [0.29, 0.717) is 0 Å². The molecule has 1 aromatic heterocycles. The smallest absolute Gasteiger partial charge is 0.444 e. The molecule has 0 unspecified atom stereocenters. The third-order valence-electron chi connectivity index (χ3n) is 2.66. The molecule has 0 radical (unpaired) electrons. The summed E-state index contributed by atoms with van der Waals surface area (Å²) < 4.78 is 44.1. The zero-order valence-corrected chi connectivity index (χ0v) is 12.5. The van der Waals surface area contributed by atoms with Crippen molar-refractivity contribution in [1.82, 2.24) is 19.7 Å². The van der Waals surface area contributed by atoms with Gasteiger partial charge in [-0.25, -0.2) is 4.79 Å². The molecule has 2 rings (SSSR count). The van der Waals surface area contributed by atoms with E-state index in [0.717, 1.165) is 4.57 Å². The zero-order valence-electron chi connectivity index (χ0n) is 12.5. The van der Waals surface area contributed by atoms with Crippen LogP contribution >= 0.6 is 0 Å². The number of alkyl halides is 3. The summed E-state index contributed by atoms with van der Waals surface area (Å²) in [4.78, 5) is 13.2. The molecule has 22 heavy (non-hydrogen) atoms. The molecule has 1 aliphatic rings. The summed E-state index contributed by atoms with van der Waals surface area (Å²) in [5, 5.41) is 6.64. The Morgan fingerprint density at radius 1 is 1.18 bits per heavy atom. The number of fused-ring (bicyclic) bond motifs is 1. The van der Waals surface area contributed by atoms with Crippen molar-refractivity contribution in [3.05, 3.63) is 11.6 Å². The first kappa shape index (κ1) is 17.8. The molecule has 0 spiro atoms. The Labute approximate surface area is 126 Å². The highest BCUT2D eigenvalue weighted by Gasteiger charge is 2.40. The third kappa shape index (κ3) is 4.13. The van der Waals surface area contributed by atoms with Crippen molar-refractivity contribution in [3.8, 4) is 12.8 Å². The van der Waals surface area contributed by atoms with Crippen LogP contribution in [0.3, 0.4) is 0 Å². The summed E-state index contributed by atoms with van der Waals surface area (Å²) in [6, 6.07) is 0. The van der Waals surface area contributed by atoms with Crippen LogP contribution in [0.1, 0.15) is 32.4 Å². The second kappa shape index (κ2) is 6.25. The number of nitrogens with zero attached hydrogens (tertiary/aromatic N) is 4. The fraction of sp³-hybridized carbons (Fsp3) is 0.615. The van der Waals surface area contributed by atoms with E-state index in [9.17, 15) is 18.0 Å². The first-order valence-corrected chi connectivity index (χ1v) is 6.38.